The predicted octanol–water partition coefficient (Wildman–Crippen LogP) is 4.86. The first kappa shape index (κ1) is 20.7. The van der Waals surface area contributed by atoms with Gasteiger partial charge in [-0.3, -0.25) is 9.59 Å². The van der Waals surface area contributed by atoms with E-state index in [2.05, 4.69) is 0 Å². The molecule has 0 saturated carbocycles. The van der Waals surface area contributed by atoms with Gasteiger partial charge < -0.3 is 9.80 Å². The number of benzene rings is 3. The highest BCUT2D eigenvalue weighted by molar-refractivity contribution is 8.01. The second-order valence-corrected chi connectivity index (χ2v) is 9.23. The van der Waals surface area contributed by atoms with Crippen molar-refractivity contribution in [1.29, 1.82) is 0 Å². The number of carbonyl (C=O) groups excluding carboxylic acids is 2. The molecular weight excluding hydrogens is 430 g/mol. The first-order chi connectivity index (χ1) is 15.4. The highest BCUT2D eigenvalue weighted by Gasteiger charge is 2.59. The number of thioether (sulfide) groups is 1. The van der Waals surface area contributed by atoms with Gasteiger partial charge in [0.25, 0.3) is 11.8 Å². The second kappa shape index (κ2) is 7.74. The largest absolute Gasteiger partial charge is 0.311 e. The summed E-state index contributed by atoms with van der Waals surface area (Å²) in [5.74, 6) is -0.798. The molecule has 0 aliphatic carbocycles. The van der Waals surface area contributed by atoms with Crippen LogP contribution in [0.25, 0.3) is 0 Å². The van der Waals surface area contributed by atoms with Crippen LogP contribution in [0.3, 0.4) is 0 Å². The standard InChI is InChI=1S/C25H20F2N2O2S/c1-16-4-2-3-5-20(16)23(30)29-12-13-32-25(29)21-14-19(27)10-11-22(21)28(24(25)31)15-17-6-8-18(26)9-7-17/h2-11,14H,12-13,15H2,1H3. The molecule has 2 heterocycles. The van der Waals surface area contributed by atoms with E-state index < -0.39 is 10.7 Å². The number of halogens is 2. The Bertz CT molecular complexity index is 1230. The van der Waals surface area contributed by atoms with Crippen molar-refractivity contribution in [3.05, 3.63) is 101 Å². The van der Waals surface area contributed by atoms with Crippen LogP contribution in [0.2, 0.25) is 0 Å². The van der Waals surface area contributed by atoms with Crippen LogP contribution < -0.4 is 4.90 Å². The fourth-order valence-electron chi connectivity index (χ4n) is 4.48. The number of anilines is 1. The Hall–Kier alpha value is -3.19. The van der Waals surface area contributed by atoms with E-state index in [4.69, 9.17) is 0 Å². The Morgan fingerprint density at radius 1 is 1.03 bits per heavy atom. The lowest BCUT2D eigenvalue weighted by atomic mass is 10.0. The average Bonchev–Trinajstić information content (AvgIpc) is 3.32. The second-order valence-electron chi connectivity index (χ2n) is 7.94. The average molecular weight is 451 g/mol. The van der Waals surface area contributed by atoms with Crippen LogP contribution in [0, 0.1) is 18.6 Å². The van der Waals surface area contributed by atoms with Crippen molar-refractivity contribution in [1.82, 2.24) is 4.90 Å². The maximum absolute atomic E-state index is 14.4. The van der Waals surface area contributed by atoms with Gasteiger partial charge in [-0.05, 0) is 54.4 Å². The van der Waals surface area contributed by atoms with Crippen LogP contribution >= 0.6 is 11.8 Å². The van der Waals surface area contributed by atoms with E-state index in [1.165, 1.54) is 36.0 Å². The molecule has 1 fully saturated rings. The molecule has 0 N–H and O–H groups in total. The summed E-state index contributed by atoms with van der Waals surface area (Å²) in [6.07, 6.45) is 0. The van der Waals surface area contributed by atoms with Crippen molar-refractivity contribution in [3.8, 4) is 0 Å². The molecule has 162 valence electrons. The van der Waals surface area contributed by atoms with Crippen LogP contribution in [-0.2, 0) is 16.2 Å². The molecular formula is C25H20F2N2O2S. The van der Waals surface area contributed by atoms with E-state index in [0.717, 1.165) is 11.1 Å². The quantitative estimate of drug-likeness (QED) is 0.572. The minimum atomic E-state index is -1.32. The van der Waals surface area contributed by atoms with Gasteiger partial charge >= 0.3 is 0 Å². The van der Waals surface area contributed by atoms with Gasteiger partial charge in [0.15, 0.2) is 4.87 Å². The zero-order valence-electron chi connectivity index (χ0n) is 17.3. The van der Waals surface area contributed by atoms with E-state index >= 15 is 0 Å². The summed E-state index contributed by atoms with van der Waals surface area (Å²) in [5, 5.41) is 0. The highest BCUT2D eigenvalue weighted by Crippen LogP contribution is 2.55. The Kier molecular flexibility index (Phi) is 5.01. The van der Waals surface area contributed by atoms with Crippen LogP contribution in [0.5, 0.6) is 0 Å². The number of amides is 2. The lowest BCUT2D eigenvalue weighted by Crippen LogP contribution is -2.50. The molecule has 1 atom stereocenters. The number of nitrogens with zero attached hydrogens (tertiary/aromatic N) is 2. The normalized spacial score (nSPS) is 19.7. The fourth-order valence-corrected chi connectivity index (χ4v) is 5.93. The summed E-state index contributed by atoms with van der Waals surface area (Å²) in [5.41, 5.74) is 3.13. The first-order valence-electron chi connectivity index (χ1n) is 10.3. The molecule has 1 unspecified atom stereocenters. The Labute approximate surface area is 188 Å². The number of hydrogen-bond acceptors (Lipinski definition) is 3. The summed E-state index contributed by atoms with van der Waals surface area (Å²) in [6, 6.07) is 17.4. The third-order valence-electron chi connectivity index (χ3n) is 6.03. The van der Waals surface area contributed by atoms with Gasteiger partial charge in [-0.1, -0.05) is 30.3 Å². The topological polar surface area (TPSA) is 40.6 Å². The molecule has 0 radical (unpaired) electrons. The summed E-state index contributed by atoms with van der Waals surface area (Å²) in [7, 11) is 0. The SMILES string of the molecule is Cc1ccccc1C(=O)N1CCSC12C(=O)N(Cc1ccc(F)cc1)c1ccc(F)cc12. The zero-order chi connectivity index (χ0) is 22.5. The van der Waals surface area contributed by atoms with Gasteiger partial charge in [-0.2, -0.15) is 0 Å². The van der Waals surface area contributed by atoms with Crippen molar-refractivity contribution in [2.45, 2.75) is 18.3 Å². The summed E-state index contributed by atoms with van der Waals surface area (Å²) >= 11 is 1.35. The minimum Gasteiger partial charge on any atom is -0.311 e. The minimum absolute atomic E-state index is 0.201. The molecule has 32 heavy (non-hydrogen) atoms. The molecule has 4 nitrogen and oxygen atoms in total. The summed E-state index contributed by atoms with van der Waals surface area (Å²) in [4.78, 5) is 29.3. The lowest BCUT2D eigenvalue weighted by molar-refractivity contribution is -0.123. The Morgan fingerprint density at radius 3 is 2.50 bits per heavy atom. The van der Waals surface area contributed by atoms with Crippen molar-refractivity contribution in [2.24, 2.45) is 0 Å². The molecule has 1 spiro atoms. The fraction of sp³-hybridized carbons (Fsp3) is 0.200. The number of aryl methyl sites for hydroxylation is 1. The smallest absolute Gasteiger partial charge is 0.268 e. The highest BCUT2D eigenvalue weighted by atomic mass is 32.2. The maximum Gasteiger partial charge on any atom is 0.268 e. The van der Waals surface area contributed by atoms with Gasteiger partial charge in [-0.15, -0.1) is 11.8 Å². The van der Waals surface area contributed by atoms with Gasteiger partial charge in [0, 0.05) is 23.4 Å². The van der Waals surface area contributed by atoms with E-state index in [9.17, 15) is 18.4 Å². The molecule has 7 heteroatoms. The predicted molar refractivity (Wildman–Crippen MR) is 120 cm³/mol. The van der Waals surface area contributed by atoms with Crippen molar-refractivity contribution >= 4 is 29.3 Å². The summed E-state index contributed by atoms with van der Waals surface area (Å²) in [6.45, 7) is 2.43. The molecule has 2 aliphatic heterocycles. The van der Waals surface area contributed by atoms with Crippen molar-refractivity contribution in [2.75, 3.05) is 17.2 Å². The van der Waals surface area contributed by atoms with Gasteiger partial charge in [0.05, 0.1) is 12.2 Å². The van der Waals surface area contributed by atoms with Gasteiger partial charge in [-0.25, -0.2) is 8.78 Å². The molecule has 0 bridgehead atoms. The molecule has 2 aliphatic rings. The first-order valence-corrected chi connectivity index (χ1v) is 11.3. The van der Waals surface area contributed by atoms with Crippen LogP contribution in [0.4, 0.5) is 14.5 Å². The summed E-state index contributed by atoms with van der Waals surface area (Å²) < 4.78 is 27.7. The zero-order valence-corrected chi connectivity index (χ0v) is 18.2. The number of fused-ring (bicyclic) bond motifs is 2. The molecule has 3 aromatic rings. The Balaban J connectivity index is 1.60. The maximum atomic E-state index is 14.4. The van der Waals surface area contributed by atoms with Crippen molar-refractivity contribution in [3.63, 3.8) is 0 Å². The van der Waals surface area contributed by atoms with E-state index in [-0.39, 0.29) is 24.2 Å². The van der Waals surface area contributed by atoms with Gasteiger partial charge in [0.2, 0.25) is 0 Å². The van der Waals surface area contributed by atoms with Gasteiger partial charge in [0.1, 0.15) is 11.6 Å². The lowest BCUT2D eigenvalue weighted by Gasteiger charge is -2.33. The van der Waals surface area contributed by atoms with E-state index in [1.54, 1.807) is 40.1 Å². The third-order valence-corrected chi connectivity index (χ3v) is 7.45. The molecule has 0 aromatic heterocycles. The monoisotopic (exact) mass is 450 g/mol. The van der Waals surface area contributed by atoms with E-state index in [0.29, 0.717) is 29.1 Å². The van der Waals surface area contributed by atoms with Crippen LogP contribution in [-0.4, -0.2) is 29.0 Å². The van der Waals surface area contributed by atoms with E-state index in [1.807, 2.05) is 19.1 Å². The molecule has 3 aromatic carbocycles. The molecule has 2 amide bonds. The molecule has 5 rings (SSSR count). The van der Waals surface area contributed by atoms with Crippen LogP contribution in [0.1, 0.15) is 27.0 Å². The molecule has 1 saturated heterocycles. The Morgan fingerprint density at radius 2 is 1.75 bits per heavy atom. The third kappa shape index (κ3) is 3.11. The number of rotatable bonds is 3. The number of hydrogen-bond donors (Lipinski definition) is 0. The van der Waals surface area contributed by atoms with Crippen molar-refractivity contribution < 1.29 is 18.4 Å². The van der Waals surface area contributed by atoms with Crippen LogP contribution in [0.15, 0.2) is 66.7 Å². The number of carbonyl (C=O) groups is 2.